The van der Waals surface area contributed by atoms with Crippen LogP contribution in [0, 0.1) is 5.92 Å². The molecule has 116 valence electrons. The molecule has 1 aromatic carbocycles. The number of hydrogen-bond donors (Lipinski definition) is 1. The van der Waals surface area contributed by atoms with E-state index in [9.17, 15) is 5.11 Å². The largest absolute Gasteiger partial charge is 0.388 e. The van der Waals surface area contributed by atoms with Gasteiger partial charge in [0, 0.05) is 5.39 Å². The quantitative estimate of drug-likeness (QED) is 0.793. The normalized spacial score (nSPS) is 14.1. The van der Waals surface area contributed by atoms with Crippen molar-refractivity contribution in [3.63, 3.8) is 0 Å². The van der Waals surface area contributed by atoms with Crippen LogP contribution in [0.15, 0.2) is 36.8 Å². The first-order chi connectivity index (χ1) is 10.4. The van der Waals surface area contributed by atoms with Crippen molar-refractivity contribution >= 4 is 21.9 Å². The number of rotatable bonds is 4. The van der Waals surface area contributed by atoms with Crippen molar-refractivity contribution in [2.45, 2.75) is 45.8 Å². The van der Waals surface area contributed by atoms with Gasteiger partial charge in [0.1, 0.15) is 5.52 Å². The maximum Gasteiger partial charge on any atom is 0.107 e. The first-order valence-corrected chi connectivity index (χ1v) is 7.80. The standard InChI is InChI=1S/C18H23N3O/c1-12(2)9-16(18(3,4)22)21-11-20-15-10-19-14-8-6-5-7-13(14)17(15)21/h5-8,10-12,16,22H,9H2,1-4H3/t16-/m1/s1. The Morgan fingerprint density at radius 1 is 1.14 bits per heavy atom. The Labute approximate surface area is 130 Å². The van der Waals surface area contributed by atoms with E-state index in [1.807, 2.05) is 44.6 Å². The number of aliphatic hydroxyl groups is 1. The number of imidazole rings is 1. The van der Waals surface area contributed by atoms with E-state index in [0.717, 1.165) is 28.4 Å². The Morgan fingerprint density at radius 3 is 2.55 bits per heavy atom. The fraction of sp³-hybridized carbons (Fsp3) is 0.444. The van der Waals surface area contributed by atoms with Crippen LogP contribution >= 0.6 is 0 Å². The second kappa shape index (κ2) is 5.36. The van der Waals surface area contributed by atoms with Crippen molar-refractivity contribution in [3.05, 3.63) is 36.8 Å². The molecule has 4 heteroatoms. The van der Waals surface area contributed by atoms with Crippen LogP contribution in [0.2, 0.25) is 0 Å². The van der Waals surface area contributed by atoms with Crippen molar-refractivity contribution in [2.24, 2.45) is 5.92 Å². The van der Waals surface area contributed by atoms with E-state index in [1.54, 1.807) is 0 Å². The summed E-state index contributed by atoms with van der Waals surface area (Å²) in [6.45, 7) is 8.10. The van der Waals surface area contributed by atoms with E-state index in [4.69, 9.17) is 0 Å². The molecule has 22 heavy (non-hydrogen) atoms. The Morgan fingerprint density at radius 2 is 1.86 bits per heavy atom. The zero-order valence-corrected chi connectivity index (χ0v) is 13.6. The predicted molar refractivity (Wildman–Crippen MR) is 89.8 cm³/mol. The van der Waals surface area contributed by atoms with Gasteiger partial charge in [-0.05, 0) is 32.3 Å². The van der Waals surface area contributed by atoms with Crippen LogP contribution in [0.25, 0.3) is 21.9 Å². The summed E-state index contributed by atoms with van der Waals surface area (Å²) >= 11 is 0. The second-order valence-corrected chi connectivity index (χ2v) is 6.96. The summed E-state index contributed by atoms with van der Waals surface area (Å²) in [4.78, 5) is 8.97. The average molecular weight is 297 g/mol. The van der Waals surface area contributed by atoms with Gasteiger partial charge >= 0.3 is 0 Å². The van der Waals surface area contributed by atoms with Crippen LogP contribution in [-0.4, -0.2) is 25.2 Å². The fourth-order valence-electron chi connectivity index (χ4n) is 3.09. The van der Waals surface area contributed by atoms with Gasteiger partial charge < -0.3 is 9.67 Å². The highest BCUT2D eigenvalue weighted by Crippen LogP contribution is 2.34. The summed E-state index contributed by atoms with van der Waals surface area (Å²) in [6.07, 6.45) is 4.54. The maximum atomic E-state index is 10.7. The van der Waals surface area contributed by atoms with Crippen LogP contribution in [0.1, 0.15) is 40.2 Å². The topological polar surface area (TPSA) is 50.9 Å². The number of nitrogens with zero attached hydrogens (tertiary/aromatic N) is 3. The zero-order chi connectivity index (χ0) is 15.9. The minimum atomic E-state index is -0.817. The highest BCUT2D eigenvalue weighted by atomic mass is 16.3. The predicted octanol–water partition coefficient (Wildman–Crippen LogP) is 3.94. The van der Waals surface area contributed by atoms with Crippen LogP contribution in [0.4, 0.5) is 0 Å². The third-order valence-corrected chi connectivity index (χ3v) is 4.15. The van der Waals surface area contributed by atoms with Crippen LogP contribution in [0.5, 0.6) is 0 Å². The van der Waals surface area contributed by atoms with Gasteiger partial charge in [0.05, 0.1) is 35.2 Å². The molecule has 1 atom stereocenters. The lowest BCUT2D eigenvalue weighted by molar-refractivity contribution is 0.0160. The number of benzene rings is 1. The summed E-state index contributed by atoms with van der Waals surface area (Å²) in [5, 5.41) is 11.7. The van der Waals surface area contributed by atoms with Gasteiger partial charge in [-0.1, -0.05) is 32.0 Å². The Kier molecular flexibility index (Phi) is 3.65. The third-order valence-electron chi connectivity index (χ3n) is 4.15. The van der Waals surface area contributed by atoms with E-state index in [0.29, 0.717) is 5.92 Å². The summed E-state index contributed by atoms with van der Waals surface area (Å²) in [5.41, 5.74) is 2.06. The van der Waals surface area contributed by atoms with E-state index in [2.05, 4.69) is 34.4 Å². The monoisotopic (exact) mass is 297 g/mol. The van der Waals surface area contributed by atoms with Gasteiger partial charge in [-0.2, -0.15) is 0 Å². The van der Waals surface area contributed by atoms with Crippen LogP contribution in [-0.2, 0) is 0 Å². The smallest absolute Gasteiger partial charge is 0.107 e. The third kappa shape index (κ3) is 2.59. The number of hydrogen-bond acceptors (Lipinski definition) is 3. The molecule has 0 fully saturated rings. The van der Waals surface area contributed by atoms with Crippen molar-refractivity contribution in [1.29, 1.82) is 0 Å². The lowest BCUT2D eigenvalue weighted by atomic mass is 9.90. The molecule has 0 unspecified atom stereocenters. The Bertz CT molecular complexity index is 799. The molecule has 0 saturated carbocycles. The molecule has 3 rings (SSSR count). The lowest BCUT2D eigenvalue weighted by Crippen LogP contribution is -2.34. The van der Waals surface area contributed by atoms with Crippen molar-refractivity contribution in [2.75, 3.05) is 0 Å². The summed E-state index contributed by atoms with van der Waals surface area (Å²) in [7, 11) is 0. The Balaban J connectivity index is 2.27. The molecule has 0 amide bonds. The minimum absolute atomic E-state index is 0.0247. The maximum absolute atomic E-state index is 10.7. The van der Waals surface area contributed by atoms with Gasteiger partial charge in [0.2, 0.25) is 0 Å². The van der Waals surface area contributed by atoms with Gasteiger partial charge in [0.25, 0.3) is 0 Å². The molecule has 2 aromatic heterocycles. The van der Waals surface area contributed by atoms with E-state index < -0.39 is 5.60 Å². The van der Waals surface area contributed by atoms with Gasteiger partial charge in [-0.25, -0.2) is 4.98 Å². The van der Waals surface area contributed by atoms with Crippen molar-refractivity contribution < 1.29 is 5.11 Å². The molecule has 1 N–H and O–H groups in total. The van der Waals surface area contributed by atoms with Crippen molar-refractivity contribution in [3.8, 4) is 0 Å². The summed E-state index contributed by atoms with van der Waals surface area (Å²) in [5.74, 6) is 0.488. The number of fused-ring (bicyclic) bond motifs is 3. The fourth-order valence-corrected chi connectivity index (χ4v) is 3.09. The molecule has 0 spiro atoms. The second-order valence-electron chi connectivity index (χ2n) is 6.96. The number of para-hydroxylation sites is 1. The average Bonchev–Trinajstić information content (AvgIpc) is 2.87. The minimum Gasteiger partial charge on any atom is -0.388 e. The molecule has 0 aliphatic carbocycles. The van der Waals surface area contributed by atoms with Crippen molar-refractivity contribution in [1.82, 2.24) is 14.5 Å². The highest BCUT2D eigenvalue weighted by molar-refractivity contribution is 6.02. The lowest BCUT2D eigenvalue weighted by Gasteiger charge is -2.32. The highest BCUT2D eigenvalue weighted by Gasteiger charge is 2.30. The van der Waals surface area contributed by atoms with Crippen LogP contribution < -0.4 is 0 Å². The summed E-state index contributed by atoms with van der Waals surface area (Å²) in [6, 6.07) is 8.06. The molecule has 0 bridgehead atoms. The molecule has 4 nitrogen and oxygen atoms in total. The molecule has 0 saturated heterocycles. The van der Waals surface area contributed by atoms with Gasteiger partial charge in [-0.3, -0.25) is 4.98 Å². The zero-order valence-electron chi connectivity index (χ0n) is 13.6. The molecular weight excluding hydrogens is 274 g/mol. The van der Waals surface area contributed by atoms with E-state index in [1.165, 1.54) is 0 Å². The number of aromatic nitrogens is 3. The molecule has 0 radical (unpaired) electrons. The molecule has 0 aliphatic rings. The Hall–Kier alpha value is -1.94. The number of pyridine rings is 1. The molecule has 2 heterocycles. The summed E-state index contributed by atoms with van der Waals surface area (Å²) < 4.78 is 2.12. The van der Waals surface area contributed by atoms with E-state index in [-0.39, 0.29) is 6.04 Å². The van der Waals surface area contributed by atoms with Crippen LogP contribution in [0.3, 0.4) is 0 Å². The van der Waals surface area contributed by atoms with Gasteiger partial charge in [-0.15, -0.1) is 0 Å². The molecular formula is C18H23N3O. The SMILES string of the molecule is CC(C)C[C@@H](n1cnc2cnc3ccccc3c21)C(C)(C)O. The first kappa shape index (κ1) is 15.0. The molecule has 0 aliphatic heterocycles. The van der Waals surface area contributed by atoms with E-state index >= 15 is 0 Å². The molecule has 3 aromatic rings. The first-order valence-electron chi connectivity index (χ1n) is 7.80. The van der Waals surface area contributed by atoms with Gasteiger partial charge in [0.15, 0.2) is 0 Å².